The van der Waals surface area contributed by atoms with Gasteiger partial charge in [-0.2, -0.15) is 0 Å². The Bertz CT molecular complexity index is 468. The number of primary amides is 1. The molecule has 0 fully saturated rings. The third-order valence-electron chi connectivity index (χ3n) is 2.86. The lowest BCUT2D eigenvalue weighted by Gasteiger charge is -2.20. The van der Waals surface area contributed by atoms with Crippen molar-refractivity contribution >= 4 is 23.3 Å². The Morgan fingerprint density at radius 2 is 1.89 bits per heavy atom. The minimum Gasteiger partial charge on any atom is -0.501 e. The topological polar surface area (TPSA) is 72.5 Å². The van der Waals surface area contributed by atoms with Gasteiger partial charge in [0.15, 0.2) is 0 Å². The van der Waals surface area contributed by atoms with E-state index in [1.54, 1.807) is 7.11 Å². The fraction of sp³-hybridized carbons (Fsp3) is 0.357. The lowest BCUT2D eigenvalue weighted by molar-refractivity contribution is 0.205. The fourth-order valence-electron chi connectivity index (χ4n) is 2.09. The number of amides is 1. The molecule has 5 heteroatoms. The Morgan fingerprint density at radius 1 is 1.32 bits per heavy atom. The van der Waals surface area contributed by atoms with E-state index in [1.807, 2.05) is 18.2 Å². The van der Waals surface area contributed by atoms with Gasteiger partial charge in [0.25, 0.3) is 0 Å². The molecule has 2 rings (SSSR count). The molecule has 104 valence electrons. The van der Waals surface area contributed by atoms with Gasteiger partial charge in [0.2, 0.25) is 0 Å². The van der Waals surface area contributed by atoms with Crippen molar-refractivity contribution in [2.24, 2.45) is 5.73 Å². The number of methoxy groups -OCH3 is 1. The highest BCUT2D eigenvalue weighted by Gasteiger charge is 2.16. The third kappa shape index (κ3) is 4.83. The summed E-state index contributed by atoms with van der Waals surface area (Å²) in [5, 5.41) is 8.02. The summed E-state index contributed by atoms with van der Waals surface area (Å²) in [7, 11) is 1.75. The van der Waals surface area contributed by atoms with Crippen molar-refractivity contribution in [3.05, 3.63) is 40.6 Å². The number of carboxylic acid groups (broad SMARTS) is 1. The normalized spacial score (nSPS) is 14.4. The molecule has 1 aliphatic rings. The summed E-state index contributed by atoms with van der Waals surface area (Å²) in [6.45, 7) is 0. The molecule has 0 aromatic heterocycles. The molecular formula is C14H18ClNO3. The van der Waals surface area contributed by atoms with Crippen molar-refractivity contribution < 1.29 is 14.6 Å². The fourth-order valence-corrected chi connectivity index (χ4v) is 2.34. The van der Waals surface area contributed by atoms with Crippen molar-refractivity contribution in [2.75, 3.05) is 7.11 Å². The second kappa shape index (κ2) is 7.69. The first-order chi connectivity index (χ1) is 9.06. The lowest BCUT2D eigenvalue weighted by atomic mass is 9.92. The monoisotopic (exact) mass is 283 g/mol. The highest BCUT2D eigenvalue weighted by atomic mass is 35.5. The molecule has 0 saturated heterocycles. The van der Waals surface area contributed by atoms with Gasteiger partial charge >= 0.3 is 6.09 Å². The van der Waals surface area contributed by atoms with Gasteiger partial charge in [-0.05, 0) is 36.5 Å². The van der Waals surface area contributed by atoms with Gasteiger partial charge in [0.1, 0.15) is 0 Å². The van der Waals surface area contributed by atoms with E-state index in [1.165, 1.54) is 18.4 Å². The number of hydrogen-bond acceptors (Lipinski definition) is 2. The summed E-state index contributed by atoms with van der Waals surface area (Å²) in [6.07, 6.45) is 3.23. The molecule has 0 aliphatic heterocycles. The Hall–Kier alpha value is -1.68. The predicted octanol–water partition coefficient (Wildman–Crippen LogP) is 3.89. The molecule has 0 heterocycles. The lowest BCUT2D eigenvalue weighted by Crippen LogP contribution is -2.03. The van der Waals surface area contributed by atoms with Crippen LogP contribution < -0.4 is 5.73 Å². The van der Waals surface area contributed by atoms with Crippen molar-refractivity contribution in [1.29, 1.82) is 0 Å². The number of halogens is 1. The summed E-state index contributed by atoms with van der Waals surface area (Å²) in [6, 6.07) is 7.99. The Morgan fingerprint density at radius 3 is 2.47 bits per heavy atom. The zero-order valence-corrected chi connectivity index (χ0v) is 11.6. The van der Waals surface area contributed by atoms with E-state index >= 15 is 0 Å². The number of rotatable bonds is 2. The largest absolute Gasteiger partial charge is 0.501 e. The van der Waals surface area contributed by atoms with Gasteiger partial charge in [-0.25, -0.2) is 4.79 Å². The van der Waals surface area contributed by atoms with Crippen LogP contribution in [0.1, 0.15) is 31.2 Å². The molecule has 1 amide bonds. The summed E-state index contributed by atoms with van der Waals surface area (Å²) >= 11 is 6.19. The molecule has 19 heavy (non-hydrogen) atoms. The molecule has 4 nitrogen and oxygen atoms in total. The maximum Gasteiger partial charge on any atom is 0.402 e. The molecule has 0 atom stereocenters. The van der Waals surface area contributed by atoms with E-state index in [0.29, 0.717) is 0 Å². The first kappa shape index (κ1) is 15.4. The standard InChI is InChI=1S/C13H15ClO.CH3NO2/c1-15-13-9-5-3-7-11(13)10-6-2-4-8-12(10)14;2-1(3)4/h2,4,6,8H,3,5,7,9H2,1H3;2H2,(H,3,4). The van der Waals surface area contributed by atoms with Crippen LogP contribution >= 0.6 is 11.6 Å². The highest BCUT2D eigenvalue weighted by Crippen LogP contribution is 2.35. The van der Waals surface area contributed by atoms with E-state index in [-0.39, 0.29) is 0 Å². The van der Waals surface area contributed by atoms with Crippen molar-refractivity contribution in [1.82, 2.24) is 0 Å². The van der Waals surface area contributed by atoms with E-state index < -0.39 is 6.09 Å². The predicted molar refractivity (Wildman–Crippen MR) is 76.1 cm³/mol. The molecule has 0 bridgehead atoms. The van der Waals surface area contributed by atoms with Gasteiger partial charge in [0.05, 0.1) is 12.9 Å². The van der Waals surface area contributed by atoms with Crippen molar-refractivity contribution in [2.45, 2.75) is 25.7 Å². The van der Waals surface area contributed by atoms with Gasteiger partial charge in [0, 0.05) is 11.4 Å². The summed E-state index contributed by atoms with van der Waals surface area (Å²) in [5.41, 5.74) is 6.45. The maximum absolute atomic E-state index is 8.78. The SMILES string of the molecule is COC1=C(c2ccccc2Cl)CCCC1.NC(=O)O. The second-order valence-corrected chi connectivity index (χ2v) is 4.54. The van der Waals surface area contributed by atoms with Crippen LogP contribution in [0, 0.1) is 0 Å². The molecule has 1 aliphatic carbocycles. The van der Waals surface area contributed by atoms with Crippen LogP contribution in [0.15, 0.2) is 30.0 Å². The average Bonchev–Trinajstić information content (AvgIpc) is 2.39. The smallest absolute Gasteiger partial charge is 0.402 e. The Labute approximate surface area is 117 Å². The molecule has 0 unspecified atom stereocenters. The number of ether oxygens (including phenoxy) is 1. The molecule has 1 aromatic carbocycles. The number of carbonyl (C=O) groups is 1. The van der Waals surface area contributed by atoms with Crippen LogP contribution in [0.5, 0.6) is 0 Å². The zero-order chi connectivity index (χ0) is 14.3. The van der Waals surface area contributed by atoms with E-state index in [2.05, 4.69) is 11.8 Å². The maximum atomic E-state index is 8.78. The van der Waals surface area contributed by atoms with Gasteiger partial charge < -0.3 is 15.6 Å². The van der Waals surface area contributed by atoms with Crippen LogP contribution in [-0.4, -0.2) is 18.3 Å². The molecular weight excluding hydrogens is 266 g/mol. The van der Waals surface area contributed by atoms with Crippen LogP contribution in [0.2, 0.25) is 5.02 Å². The Balaban J connectivity index is 0.000000399. The third-order valence-corrected chi connectivity index (χ3v) is 3.19. The van der Waals surface area contributed by atoms with E-state index in [9.17, 15) is 0 Å². The minimum absolute atomic E-state index is 0.823. The van der Waals surface area contributed by atoms with Crippen LogP contribution in [0.4, 0.5) is 4.79 Å². The quantitative estimate of drug-likeness (QED) is 0.865. The summed E-state index contributed by atoms with van der Waals surface area (Å²) in [5.74, 6) is 1.11. The van der Waals surface area contributed by atoms with Gasteiger partial charge in [-0.15, -0.1) is 0 Å². The first-order valence-electron chi connectivity index (χ1n) is 6.05. The second-order valence-electron chi connectivity index (χ2n) is 4.13. The van der Waals surface area contributed by atoms with E-state index in [4.69, 9.17) is 26.2 Å². The van der Waals surface area contributed by atoms with Gasteiger partial charge in [-0.3, -0.25) is 0 Å². The average molecular weight is 284 g/mol. The number of allylic oxidation sites excluding steroid dienone is 2. The van der Waals surface area contributed by atoms with Crippen molar-refractivity contribution in [3.63, 3.8) is 0 Å². The van der Waals surface area contributed by atoms with E-state index in [0.717, 1.165) is 29.2 Å². The summed E-state index contributed by atoms with van der Waals surface area (Å²) in [4.78, 5) is 8.78. The Kier molecular flexibility index (Phi) is 6.22. The number of hydrogen-bond donors (Lipinski definition) is 2. The molecule has 0 saturated carbocycles. The molecule has 0 spiro atoms. The first-order valence-corrected chi connectivity index (χ1v) is 6.43. The molecule has 0 radical (unpaired) electrons. The van der Waals surface area contributed by atoms with Gasteiger partial charge in [-0.1, -0.05) is 29.8 Å². The number of benzene rings is 1. The van der Waals surface area contributed by atoms with Crippen LogP contribution in [0.3, 0.4) is 0 Å². The summed E-state index contributed by atoms with van der Waals surface area (Å²) < 4.78 is 5.43. The molecule has 3 N–H and O–H groups in total. The van der Waals surface area contributed by atoms with Crippen LogP contribution in [0.25, 0.3) is 5.57 Å². The van der Waals surface area contributed by atoms with Crippen LogP contribution in [-0.2, 0) is 4.74 Å². The van der Waals surface area contributed by atoms with Crippen molar-refractivity contribution in [3.8, 4) is 0 Å². The molecule has 1 aromatic rings. The zero-order valence-electron chi connectivity index (χ0n) is 10.9. The highest BCUT2D eigenvalue weighted by molar-refractivity contribution is 6.32. The number of nitrogens with two attached hydrogens (primary N) is 1. The minimum atomic E-state index is -1.33.